The fourth-order valence-corrected chi connectivity index (χ4v) is 5.09. The SMILES string of the molecule is C.O=C([O-])C(F)(F)F.O=C([O-])C(F)(F)F.[NH3+]CCCCC1NC(=O)c2coc(n2)-c2coc(n2)-c2coc(n2)C(CCCC[NH3+])NC(=O)c2coc(n2)-c2coc(n2)-c2coc1n2. The van der Waals surface area contributed by atoms with Gasteiger partial charge in [-0.2, -0.15) is 26.3 Å². The Labute approximate surface area is 348 Å². The molecular weight excluding hydrogens is 866 g/mol. The lowest BCUT2D eigenvalue weighted by atomic mass is 10.1. The number of aliphatic carboxylic acids is 2. The lowest BCUT2D eigenvalue weighted by Gasteiger charge is -2.14. The molecule has 1 aliphatic heterocycles. The Balaban J connectivity index is 0.000000503. The number of nitrogens with zero attached hydrogens (tertiary/aromatic N) is 6. The maximum absolute atomic E-state index is 13.3. The highest BCUT2D eigenvalue weighted by atomic mass is 19.4. The summed E-state index contributed by atoms with van der Waals surface area (Å²) in [5.41, 5.74) is 8.86. The van der Waals surface area contributed by atoms with Crippen molar-refractivity contribution < 1.29 is 93.7 Å². The van der Waals surface area contributed by atoms with E-state index < -0.39 is 48.2 Å². The zero-order valence-electron chi connectivity index (χ0n) is 31.5. The van der Waals surface area contributed by atoms with Crippen molar-refractivity contribution in [1.29, 1.82) is 0 Å². The van der Waals surface area contributed by atoms with Gasteiger partial charge in [-0.15, -0.1) is 0 Å². The molecule has 0 aromatic carbocycles. The van der Waals surface area contributed by atoms with Crippen molar-refractivity contribution in [2.45, 2.75) is 70.4 Å². The summed E-state index contributed by atoms with van der Waals surface area (Å²) in [7, 11) is 0. The van der Waals surface area contributed by atoms with E-state index in [1.54, 1.807) is 0 Å². The number of oxazole rings is 6. The number of halogens is 6. The summed E-state index contributed by atoms with van der Waals surface area (Å²) >= 11 is 0. The van der Waals surface area contributed by atoms with Crippen LogP contribution in [0.2, 0.25) is 0 Å². The van der Waals surface area contributed by atoms with Gasteiger partial charge in [0.2, 0.25) is 35.3 Å². The van der Waals surface area contributed by atoms with Crippen LogP contribution in [0.4, 0.5) is 26.3 Å². The molecule has 2 amide bonds. The van der Waals surface area contributed by atoms with E-state index in [1.165, 1.54) is 37.6 Å². The zero-order chi connectivity index (χ0) is 45.2. The third-order valence-electron chi connectivity index (χ3n) is 8.06. The maximum Gasteiger partial charge on any atom is 0.430 e. The predicted molar refractivity (Wildman–Crippen MR) is 187 cm³/mol. The highest BCUT2D eigenvalue weighted by Crippen LogP contribution is 2.30. The standard InChI is InChI=1S/C30H30N10O8.2C2HF3O2.CH4/c31-7-3-1-5-15-25-37-21(11-45-25)29-39-20(13-47-29)28-36-18(10-44-28)24(42)34-16(6-2-4-8-32)26-38-22(12-46-26)30-40-19(14-48-30)27-35-17(9-43-27)23(41)33-15;2*3-2(4,5)1(6)7;/h9-16H,1-8,31-32H2,(H,33,41)(H,34,42);2*(H,6,7);1H4. The number of carbonyl (C=O) groups is 4. The molecule has 2 atom stereocenters. The van der Waals surface area contributed by atoms with Crippen LogP contribution in [0.1, 0.15) is 90.8 Å². The second-order valence-electron chi connectivity index (χ2n) is 12.6. The predicted octanol–water partition coefficient (Wildman–Crippen LogP) is 1.60. The number of fused-ring (bicyclic) bond motifs is 16. The van der Waals surface area contributed by atoms with Crippen LogP contribution >= 0.6 is 0 Å². The van der Waals surface area contributed by atoms with Gasteiger partial charge in [-0.3, -0.25) is 9.59 Å². The number of nitrogens with one attached hydrogen (secondary N) is 2. The van der Waals surface area contributed by atoms with E-state index in [-0.39, 0.29) is 76.9 Å². The van der Waals surface area contributed by atoms with Gasteiger partial charge in [-0.1, -0.05) is 7.43 Å². The normalized spacial score (nSPS) is 15.0. The smallest absolute Gasteiger partial charge is 0.430 e. The molecule has 340 valence electrons. The minimum Gasteiger partial charge on any atom is -0.542 e. The average molecular weight is 903 g/mol. The van der Waals surface area contributed by atoms with E-state index in [9.17, 15) is 35.9 Å². The molecule has 22 nitrogen and oxygen atoms in total. The number of aromatic nitrogens is 6. The van der Waals surface area contributed by atoms with Gasteiger partial charge in [0, 0.05) is 0 Å². The first kappa shape index (κ1) is 48.3. The first-order valence-corrected chi connectivity index (χ1v) is 17.9. The summed E-state index contributed by atoms with van der Waals surface area (Å²) in [5.74, 6) is -6.17. The number of alkyl halides is 6. The minimum absolute atomic E-state index is 0. The van der Waals surface area contributed by atoms with E-state index in [4.69, 9.17) is 46.3 Å². The molecule has 0 aliphatic carbocycles. The summed E-state index contributed by atoms with van der Waals surface area (Å²) in [5, 5.41) is 23.4. The second-order valence-corrected chi connectivity index (χ2v) is 12.6. The van der Waals surface area contributed by atoms with Crippen LogP contribution in [0.5, 0.6) is 0 Å². The average Bonchev–Trinajstić information content (AvgIpc) is 4.06. The molecule has 1 aliphatic rings. The molecular formula is C35H36F6N10O12. The van der Waals surface area contributed by atoms with Gasteiger partial charge in [-0.05, 0) is 38.5 Å². The van der Waals surface area contributed by atoms with Crippen molar-refractivity contribution >= 4 is 23.8 Å². The second kappa shape index (κ2) is 20.9. The van der Waals surface area contributed by atoms with Crippen molar-refractivity contribution in [3.63, 3.8) is 0 Å². The molecule has 0 saturated heterocycles. The number of quaternary nitrogens is 2. The summed E-state index contributed by atoms with van der Waals surface area (Å²) < 4.78 is 97.0. The fourth-order valence-electron chi connectivity index (χ4n) is 5.09. The highest BCUT2D eigenvalue weighted by molar-refractivity contribution is 5.93. The zero-order valence-corrected chi connectivity index (χ0v) is 31.5. The number of carboxylic acids is 2. The molecule has 0 saturated carbocycles. The van der Waals surface area contributed by atoms with Gasteiger partial charge < -0.3 is 68.4 Å². The van der Waals surface area contributed by atoms with E-state index in [2.05, 4.69) is 52.0 Å². The summed E-state index contributed by atoms with van der Waals surface area (Å²) in [6, 6.07) is -1.21. The van der Waals surface area contributed by atoms with E-state index in [0.717, 1.165) is 38.8 Å². The summed E-state index contributed by atoms with van der Waals surface area (Å²) in [4.78, 5) is 70.7. The lowest BCUT2D eigenvalue weighted by Crippen LogP contribution is -2.50. The number of hydrogen-bond acceptors (Lipinski definition) is 18. The largest absolute Gasteiger partial charge is 0.542 e. The van der Waals surface area contributed by atoms with Crippen molar-refractivity contribution in [3.05, 3.63) is 60.7 Å². The van der Waals surface area contributed by atoms with Gasteiger partial charge in [0.05, 0.1) is 13.1 Å². The number of carbonyl (C=O) groups excluding carboxylic acids is 4. The van der Waals surface area contributed by atoms with Crippen LogP contribution in [-0.4, -0.2) is 79.1 Å². The third-order valence-corrected chi connectivity index (χ3v) is 8.06. The molecule has 7 rings (SSSR count). The van der Waals surface area contributed by atoms with Crippen LogP contribution < -0.4 is 32.3 Å². The number of rotatable bonds is 8. The van der Waals surface area contributed by atoms with Crippen LogP contribution in [0.3, 0.4) is 0 Å². The first-order valence-electron chi connectivity index (χ1n) is 17.9. The van der Waals surface area contributed by atoms with Gasteiger partial charge >= 0.3 is 12.4 Å². The Morgan fingerprint density at radius 3 is 1.10 bits per heavy atom. The van der Waals surface area contributed by atoms with Crippen molar-refractivity contribution in [3.8, 4) is 46.3 Å². The van der Waals surface area contributed by atoms with Gasteiger partial charge in [0.1, 0.15) is 61.6 Å². The maximum atomic E-state index is 13.3. The van der Waals surface area contributed by atoms with E-state index in [1.807, 2.05) is 0 Å². The quantitative estimate of drug-likeness (QED) is 0.124. The molecule has 28 heteroatoms. The number of amides is 2. The topological polar surface area (TPSA) is 350 Å². The van der Waals surface area contributed by atoms with Crippen molar-refractivity contribution in [2.24, 2.45) is 0 Å². The van der Waals surface area contributed by atoms with Crippen molar-refractivity contribution in [2.75, 3.05) is 13.1 Å². The van der Waals surface area contributed by atoms with E-state index in [0.29, 0.717) is 12.8 Å². The molecule has 8 N–H and O–H groups in total. The molecule has 0 spiro atoms. The van der Waals surface area contributed by atoms with Crippen LogP contribution in [-0.2, 0) is 9.59 Å². The molecule has 12 bridgehead atoms. The molecule has 0 radical (unpaired) electrons. The molecule has 0 fully saturated rings. The Hall–Kier alpha value is -7.36. The van der Waals surface area contributed by atoms with Gasteiger partial charge in [0.15, 0.2) is 34.2 Å². The van der Waals surface area contributed by atoms with Crippen molar-refractivity contribution in [1.82, 2.24) is 40.5 Å². The third kappa shape index (κ3) is 12.8. The Bertz CT molecular complexity index is 2280. The van der Waals surface area contributed by atoms with Gasteiger partial charge in [-0.25, -0.2) is 29.9 Å². The number of unbranched alkanes of at least 4 members (excludes halogenated alkanes) is 2. The first-order chi connectivity index (χ1) is 29.4. The minimum atomic E-state index is -5.19. The Morgan fingerprint density at radius 2 is 0.794 bits per heavy atom. The molecule has 6 aromatic heterocycles. The summed E-state index contributed by atoms with van der Waals surface area (Å²) in [6.45, 7) is 1.47. The lowest BCUT2D eigenvalue weighted by molar-refractivity contribution is -0.369. The highest BCUT2D eigenvalue weighted by Gasteiger charge is 2.30. The van der Waals surface area contributed by atoms with E-state index >= 15 is 0 Å². The molecule has 2 unspecified atom stereocenters. The number of hydrogen-bond donors (Lipinski definition) is 4. The monoisotopic (exact) mass is 902 g/mol. The van der Waals surface area contributed by atoms with Crippen LogP contribution in [0.15, 0.2) is 64.1 Å². The Kier molecular flexibility index (Phi) is 16.1. The molecule has 7 heterocycles. The van der Waals surface area contributed by atoms with Crippen LogP contribution in [0.25, 0.3) is 46.3 Å². The molecule has 6 aromatic rings. The number of carboxylic acid groups (broad SMARTS) is 2. The fraction of sp³-hybridized carbons (Fsp3) is 0.371. The van der Waals surface area contributed by atoms with Gasteiger partial charge in [0.25, 0.3) is 11.8 Å². The van der Waals surface area contributed by atoms with Crippen LogP contribution in [0, 0.1) is 0 Å². The Morgan fingerprint density at radius 1 is 0.524 bits per heavy atom. The summed E-state index contributed by atoms with van der Waals surface area (Å²) in [6.07, 6.45) is 1.70. The molecule has 63 heavy (non-hydrogen) atoms.